The first-order valence-electron chi connectivity index (χ1n) is 32.2. The maximum absolute atomic E-state index is 9.24. The molecule has 1 aromatic heterocycles. The van der Waals surface area contributed by atoms with Gasteiger partial charge in [-0.15, -0.1) is 0 Å². The zero-order chi connectivity index (χ0) is 63.5. The standard InChI is InChI=1S/C71H72N4O/c1-47-39-66(72-45-60(47)50-33-36-61-62(42-50)71(10,11)38-37-70(61,8)9)73-63-28-16-15-25-57(63)49-31-34-55(35-32-49)76-56-24-19-23-54(44-56)74-46-75(65-30-18-17-29-64(65)74)67-58(48-21-13-12-14-22-48)26-20-27-59(67)51-40-52(68(2,3)4)43-53(41-51)69(5,6)7/h12-36,39-45H,37-38,46H2,1-11H3,(H,72,73)/i1D3,12D,13D,14D,15D,16D,21D,22D,25D,28D. The second kappa shape index (κ2) is 19.4. The zero-order valence-electron chi connectivity index (χ0n) is 57.2. The van der Waals surface area contributed by atoms with Crippen LogP contribution < -0.4 is 19.9 Å². The molecule has 0 amide bonds. The van der Waals surface area contributed by atoms with Gasteiger partial charge in [0.05, 0.1) is 29.4 Å². The van der Waals surface area contributed by atoms with E-state index in [9.17, 15) is 2.74 Å². The molecule has 0 bridgehead atoms. The van der Waals surface area contributed by atoms with Crippen LogP contribution in [-0.4, -0.2) is 11.7 Å². The topological polar surface area (TPSA) is 40.6 Å². The Labute approximate surface area is 469 Å². The molecule has 76 heavy (non-hydrogen) atoms. The lowest BCUT2D eigenvalue weighted by atomic mass is 9.63. The van der Waals surface area contributed by atoms with E-state index in [1.54, 1.807) is 24.3 Å². The number of para-hydroxylation sites is 4. The Morgan fingerprint density at radius 1 is 0.539 bits per heavy atom. The summed E-state index contributed by atoms with van der Waals surface area (Å²) >= 11 is 0. The van der Waals surface area contributed by atoms with E-state index in [0.29, 0.717) is 33.9 Å². The fraction of sp³-hybridized carbons (Fsp3) is 0.254. The Bertz CT molecular complexity index is 4210. The molecule has 8 aromatic carbocycles. The first kappa shape index (κ1) is 37.8. The van der Waals surface area contributed by atoms with E-state index in [-0.39, 0.29) is 80.7 Å². The number of nitrogens with one attached hydrogen (secondary N) is 1. The van der Waals surface area contributed by atoms with Crippen molar-refractivity contribution in [2.24, 2.45) is 0 Å². The predicted molar refractivity (Wildman–Crippen MR) is 322 cm³/mol. The summed E-state index contributed by atoms with van der Waals surface area (Å²) in [5.41, 5.74) is 11.5. The van der Waals surface area contributed by atoms with Crippen LogP contribution in [0.1, 0.15) is 126 Å². The number of pyridine rings is 1. The Hall–Kier alpha value is -7.89. The molecule has 382 valence electrons. The number of ether oxygens (including phenoxy) is 1. The van der Waals surface area contributed by atoms with Crippen molar-refractivity contribution < 1.29 is 21.2 Å². The average molecular weight is 1010 g/mol. The number of hydrogen-bond donors (Lipinski definition) is 1. The maximum atomic E-state index is 9.24. The first-order valence-corrected chi connectivity index (χ1v) is 26.2. The summed E-state index contributed by atoms with van der Waals surface area (Å²) in [5, 5.41) is 3.12. The molecule has 1 aliphatic heterocycles. The molecule has 0 radical (unpaired) electrons. The second-order valence-electron chi connectivity index (χ2n) is 23.6. The van der Waals surface area contributed by atoms with Crippen molar-refractivity contribution in [3.05, 3.63) is 222 Å². The summed E-state index contributed by atoms with van der Waals surface area (Å²) in [6, 6.07) is 39.1. The minimum Gasteiger partial charge on any atom is -0.457 e. The third-order valence-electron chi connectivity index (χ3n) is 15.3. The van der Waals surface area contributed by atoms with Gasteiger partial charge in [0.2, 0.25) is 0 Å². The highest BCUT2D eigenvalue weighted by molar-refractivity contribution is 5.99. The molecule has 11 rings (SSSR count). The van der Waals surface area contributed by atoms with Crippen molar-refractivity contribution in [1.82, 2.24) is 4.98 Å². The van der Waals surface area contributed by atoms with Crippen LogP contribution in [0.15, 0.2) is 194 Å². The molecule has 0 unspecified atom stereocenters. The molecule has 0 spiro atoms. The van der Waals surface area contributed by atoms with Crippen molar-refractivity contribution in [3.63, 3.8) is 0 Å². The second-order valence-corrected chi connectivity index (χ2v) is 23.6. The molecule has 5 heteroatoms. The normalized spacial score (nSPS) is 17.2. The van der Waals surface area contributed by atoms with E-state index in [2.05, 4.69) is 120 Å². The van der Waals surface area contributed by atoms with Crippen LogP contribution in [0.4, 0.5) is 34.3 Å². The van der Waals surface area contributed by atoms with Gasteiger partial charge in [0, 0.05) is 50.0 Å². The van der Waals surface area contributed by atoms with E-state index >= 15 is 0 Å². The van der Waals surface area contributed by atoms with Crippen LogP contribution in [0.3, 0.4) is 0 Å². The number of aromatic nitrogens is 1. The lowest BCUT2D eigenvalue weighted by Crippen LogP contribution is -2.33. The molecule has 2 aliphatic rings. The van der Waals surface area contributed by atoms with Gasteiger partial charge in [-0.25, -0.2) is 4.98 Å². The summed E-state index contributed by atoms with van der Waals surface area (Å²) in [6.45, 7) is 19.8. The number of fused-ring (bicyclic) bond motifs is 2. The Balaban J connectivity index is 0.931. The van der Waals surface area contributed by atoms with Gasteiger partial charge in [0.15, 0.2) is 0 Å². The molecular formula is C71H72N4O. The number of aryl methyl sites for hydroxylation is 1. The molecular weight excluding hydrogens is 925 g/mol. The van der Waals surface area contributed by atoms with Gasteiger partial charge in [0.1, 0.15) is 24.0 Å². The van der Waals surface area contributed by atoms with Crippen LogP contribution in [0.2, 0.25) is 0 Å². The van der Waals surface area contributed by atoms with Crippen LogP contribution >= 0.6 is 0 Å². The zero-order valence-corrected chi connectivity index (χ0v) is 45.2. The number of nitrogens with zero attached hydrogens (tertiary/aromatic N) is 3. The van der Waals surface area contributed by atoms with Gasteiger partial charge in [-0.1, -0.05) is 203 Å². The van der Waals surface area contributed by atoms with Crippen LogP contribution in [0, 0.1) is 6.85 Å². The smallest absolute Gasteiger partial charge is 0.130 e. The van der Waals surface area contributed by atoms with Gasteiger partial charge in [0.25, 0.3) is 0 Å². The molecule has 1 N–H and O–H groups in total. The summed E-state index contributed by atoms with van der Waals surface area (Å²) in [4.78, 5) is 8.99. The molecule has 0 saturated carbocycles. The lowest BCUT2D eigenvalue weighted by Gasteiger charge is -2.42. The highest BCUT2D eigenvalue weighted by Crippen LogP contribution is 2.52. The van der Waals surface area contributed by atoms with E-state index in [1.165, 1.54) is 23.4 Å². The van der Waals surface area contributed by atoms with Gasteiger partial charge in [-0.2, -0.15) is 0 Å². The van der Waals surface area contributed by atoms with Crippen molar-refractivity contribution >= 4 is 34.3 Å². The van der Waals surface area contributed by atoms with Crippen LogP contribution in [0.5, 0.6) is 11.5 Å². The van der Waals surface area contributed by atoms with Crippen molar-refractivity contribution in [1.29, 1.82) is 0 Å². The summed E-state index contributed by atoms with van der Waals surface area (Å²) in [5.74, 6) is 1.04. The van der Waals surface area contributed by atoms with Gasteiger partial charge >= 0.3 is 0 Å². The molecule has 5 nitrogen and oxygen atoms in total. The number of hydrogen-bond acceptors (Lipinski definition) is 5. The Morgan fingerprint density at radius 2 is 1.17 bits per heavy atom. The third kappa shape index (κ3) is 9.80. The number of rotatable bonds is 10. The quantitative estimate of drug-likeness (QED) is 0.148. The molecule has 2 heterocycles. The highest BCUT2D eigenvalue weighted by atomic mass is 16.5. The van der Waals surface area contributed by atoms with E-state index in [1.807, 2.05) is 72.8 Å². The van der Waals surface area contributed by atoms with Crippen LogP contribution in [-0.2, 0) is 21.7 Å². The third-order valence-corrected chi connectivity index (χ3v) is 15.3. The predicted octanol–water partition coefficient (Wildman–Crippen LogP) is 19.8. The van der Waals surface area contributed by atoms with Crippen LogP contribution in [0.25, 0.3) is 44.5 Å². The minimum absolute atomic E-state index is 0.0259. The van der Waals surface area contributed by atoms with Crippen molar-refractivity contribution in [3.8, 4) is 56.0 Å². The SMILES string of the molecule is [2H]c1c([2H])c([2H])c(-c2cccc(-c3cc(C(C)(C)C)cc(C(C)(C)C)c3)c2N2CN(c3cccc(Oc4ccc(-c5c([2H])c([2H])c([2H])c([2H])c5Nc5cc(C([2H])([2H])[2H])c(-c6ccc7c(c6)C(C)(C)CCC7(C)C)cn5)cc4)c3)c3ccccc32)c([2H])c1[2H]. The summed E-state index contributed by atoms with van der Waals surface area (Å²) in [6.07, 6.45) is 3.55. The molecule has 0 fully saturated rings. The largest absolute Gasteiger partial charge is 0.457 e. The fourth-order valence-corrected chi connectivity index (χ4v) is 10.7. The lowest BCUT2D eigenvalue weighted by molar-refractivity contribution is 0.332. The van der Waals surface area contributed by atoms with E-state index in [4.69, 9.17) is 18.4 Å². The number of anilines is 6. The fourth-order valence-electron chi connectivity index (χ4n) is 10.7. The van der Waals surface area contributed by atoms with Gasteiger partial charge in [-0.05, 0) is 140 Å². The Morgan fingerprint density at radius 3 is 1.87 bits per heavy atom. The summed E-state index contributed by atoms with van der Waals surface area (Å²) in [7, 11) is 0. The van der Waals surface area contributed by atoms with E-state index in [0.717, 1.165) is 57.7 Å². The van der Waals surface area contributed by atoms with Crippen molar-refractivity contribution in [2.45, 2.75) is 111 Å². The Kier molecular flexibility index (Phi) is 9.62. The maximum Gasteiger partial charge on any atom is 0.130 e. The van der Waals surface area contributed by atoms with Gasteiger partial charge < -0.3 is 19.9 Å². The highest BCUT2D eigenvalue weighted by Gasteiger charge is 2.37. The molecule has 1 aliphatic carbocycles. The molecule has 9 aromatic rings. The average Bonchev–Trinajstić information content (AvgIpc) is 1.94. The van der Waals surface area contributed by atoms with Crippen molar-refractivity contribution in [2.75, 3.05) is 21.8 Å². The molecule has 0 saturated heterocycles. The summed E-state index contributed by atoms with van der Waals surface area (Å²) < 4.78 is 113. The first-order chi connectivity index (χ1) is 41.2. The number of benzene rings is 8. The monoisotopic (exact) mass is 1010 g/mol. The minimum atomic E-state index is -2.56. The van der Waals surface area contributed by atoms with Gasteiger partial charge in [-0.3, -0.25) is 0 Å². The molecule has 0 atom stereocenters. The van der Waals surface area contributed by atoms with E-state index < -0.39 is 37.1 Å².